The summed E-state index contributed by atoms with van der Waals surface area (Å²) >= 11 is 0. The molecule has 3 saturated heterocycles. The van der Waals surface area contributed by atoms with Crippen molar-refractivity contribution in [2.24, 2.45) is 17.8 Å². The van der Waals surface area contributed by atoms with Crippen molar-refractivity contribution in [3.05, 3.63) is 0 Å². The van der Waals surface area contributed by atoms with Crippen LogP contribution in [0.2, 0.25) is 0 Å². The molecular weight excluding hydrogens is 308 g/mol. The summed E-state index contributed by atoms with van der Waals surface area (Å²) in [7, 11) is 0. The van der Waals surface area contributed by atoms with Gasteiger partial charge in [0.1, 0.15) is 0 Å². The number of likely N-dealkylation sites (tertiary alicyclic amines) is 2. The molecule has 0 aromatic heterocycles. The van der Waals surface area contributed by atoms with Crippen LogP contribution in [0.1, 0.15) is 39.0 Å². The Morgan fingerprint density at radius 2 is 1.38 bits per heavy atom. The van der Waals surface area contributed by atoms with E-state index >= 15 is 0 Å². The van der Waals surface area contributed by atoms with Crippen LogP contribution in [-0.2, 0) is 19.1 Å². The van der Waals surface area contributed by atoms with Gasteiger partial charge in [-0.2, -0.15) is 0 Å². The lowest BCUT2D eigenvalue weighted by molar-refractivity contribution is -0.187. The van der Waals surface area contributed by atoms with Crippen LogP contribution < -0.4 is 0 Å². The fourth-order valence-electron chi connectivity index (χ4n) is 4.29. The predicted octanol–water partition coefficient (Wildman–Crippen LogP) is 1.25. The van der Waals surface area contributed by atoms with Crippen LogP contribution in [0.25, 0.3) is 0 Å². The van der Waals surface area contributed by atoms with E-state index in [-0.39, 0.29) is 23.7 Å². The Labute approximate surface area is 143 Å². The fraction of sp³-hybridized carbons (Fsp3) is 0.889. The molecule has 1 aliphatic carbocycles. The van der Waals surface area contributed by atoms with Gasteiger partial charge in [0.2, 0.25) is 11.8 Å². The number of hydrogen-bond donors (Lipinski definition) is 0. The second kappa shape index (κ2) is 6.30. The fourth-order valence-corrected chi connectivity index (χ4v) is 4.29. The molecule has 134 valence electrons. The van der Waals surface area contributed by atoms with Crippen molar-refractivity contribution in [1.82, 2.24) is 9.80 Å². The smallest absolute Gasteiger partial charge is 0.226 e. The molecule has 4 aliphatic rings. The van der Waals surface area contributed by atoms with Crippen LogP contribution in [-0.4, -0.2) is 66.8 Å². The highest BCUT2D eigenvalue weighted by Crippen LogP contribution is 2.43. The zero-order valence-electron chi connectivity index (χ0n) is 14.5. The number of amides is 2. The third kappa shape index (κ3) is 3.06. The summed E-state index contributed by atoms with van der Waals surface area (Å²) in [5.74, 6) is 0.478. The predicted molar refractivity (Wildman–Crippen MR) is 87.0 cm³/mol. The van der Waals surface area contributed by atoms with E-state index in [0.717, 1.165) is 45.2 Å². The molecule has 1 spiro atoms. The van der Waals surface area contributed by atoms with Gasteiger partial charge in [-0.15, -0.1) is 0 Å². The van der Waals surface area contributed by atoms with Crippen molar-refractivity contribution in [2.75, 3.05) is 39.4 Å². The standard InChI is InChI=1S/C18H28N2O4/c1-13-2-6-19(7-3-13)16(21)14-12-15(14)17(22)20-8-4-18(5-9-20)23-10-11-24-18/h13-15H,2-12H2,1H3. The molecule has 6 heteroatoms. The third-order valence-corrected chi connectivity index (χ3v) is 6.17. The summed E-state index contributed by atoms with van der Waals surface area (Å²) in [6.07, 6.45) is 4.40. The summed E-state index contributed by atoms with van der Waals surface area (Å²) in [5.41, 5.74) is 0. The number of hydrogen-bond acceptors (Lipinski definition) is 4. The lowest BCUT2D eigenvalue weighted by Crippen LogP contribution is -2.48. The lowest BCUT2D eigenvalue weighted by Gasteiger charge is -2.37. The minimum Gasteiger partial charge on any atom is -0.347 e. The Morgan fingerprint density at radius 1 is 0.875 bits per heavy atom. The van der Waals surface area contributed by atoms with Gasteiger partial charge in [0.25, 0.3) is 0 Å². The van der Waals surface area contributed by atoms with Crippen LogP contribution in [0.15, 0.2) is 0 Å². The number of carbonyl (C=O) groups excluding carboxylic acids is 2. The molecule has 0 N–H and O–H groups in total. The highest BCUT2D eigenvalue weighted by molar-refractivity contribution is 5.92. The van der Waals surface area contributed by atoms with Gasteiger partial charge in [0.15, 0.2) is 5.79 Å². The maximum absolute atomic E-state index is 12.7. The van der Waals surface area contributed by atoms with Gasteiger partial charge >= 0.3 is 0 Å². The van der Waals surface area contributed by atoms with Crippen LogP contribution >= 0.6 is 0 Å². The molecule has 0 radical (unpaired) electrons. The highest BCUT2D eigenvalue weighted by atomic mass is 16.7. The molecule has 1 saturated carbocycles. The van der Waals surface area contributed by atoms with E-state index in [9.17, 15) is 9.59 Å². The maximum Gasteiger partial charge on any atom is 0.226 e. The molecule has 2 amide bonds. The van der Waals surface area contributed by atoms with E-state index in [2.05, 4.69) is 6.92 Å². The van der Waals surface area contributed by atoms with Crippen LogP contribution in [0.5, 0.6) is 0 Å². The Balaban J connectivity index is 1.27. The SMILES string of the molecule is CC1CCN(C(=O)C2CC2C(=O)N2CCC3(CC2)OCCO3)CC1. The van der Waals surface area contributed by atoms with Gasteiger partial charge < -0.3 is 19.3 Å². The molecule has 0 aromatic carbocycles. The zero-order valence-corrected chi connectivity index (χ0v) is 14.5. The van der Waals surface area contributed by atoms with Gasteiger partial charge in [-0.1, -0.05) is 6.92 Å². The lowest BCUT2D eigenvalue weighted by atomic mass is 9.99. The van der Waals surface area contributed by atoms with Gasteiger partial charge in [0.05, 0.1) is 25.0 Å². The molecule has 3 aliphatic heterocycles. The number of nitrogens with zero attached hydrogens (tertiary/aromatic N) is 2. The summed E-state index contributed by atoms with van der Waals surface area (Å²) in [4.78, 5) is 29.2. The van der Waals surface area contributed by atoms with Gasteiger partial charge in [-0.25, -0.2) is 0 Å². The topological polar surface area (TPSA) is 59.1 Å². The molecule has 2 unspecified atom stereocenters. The minimum absolute atomic E-state index is 0.0687. The zero-order chi connectivity index (χ0) is 16.7. The number of rotatable bonds is 2. The van der Waals surface area contributed by atoms with Crippen LogP contribution in [0, 0.1) is 17.8 Å². The first-order valence-electron chi connectivity index (χ1n) is 9.43. The maximum atomic E-state index is 12.7. The summed E-state index contributed by atoms with van der Waals surface area (Å²) < 4.78 is 11.4. The van der Waals surface area contributed by atoms with Crippen LogP contribution in [0.4, 0.5) is 0 Å². The number of carbonyl (C=O) groups is 2. The van der Waals surface area contributed by atoms with E-state index in [1.807, 2.05) is 9.80 Å². The van der Waals surface area contributed by atoms with E-state index in [0.29, 0.717) is 32.2 Å². The summed E-state index contributed by atoms with van der Waals surface area (Å²) in [6, 6.07) is 0. The first-order valence-corrected chi connectivity index (χ1v) is 9.43. The quantitative estimate of drug-likeness (QED) is 0.761. The normalized spacial score (nSPS) is 33.0. The van der Waals surface area contributed by atoms with E-state index in [4.69, 9.17) is 9.47 Å². The van der Waals surface area contributed by atoms with Gasteiger partial charge in [0, 0.05) is 39.0 Å². The largest absolute Gasteiger partial charge is 0.347 e. The minimum atomic E-state index is -0.444. The van der Waals surface area contributed by atoms with E-state index < -0.39 is 5.79 Å². The average molecular weight is 336 g/mol. The molecule has 2 atom stereocenters. The summed E-state index contributed by atoms with van der Waals surface area (Å²) in [6.45, 7) is 6.63. The van der Waals surface area contributed by atoms with Gasteiger partial charge in [-0.05, 0) is 25.2 Å². The van der Waals surface area contributed by atoms with Crippen molar-refractivity contribution in [3.8, 4) is 0 Å². The number of ether oxygens (including phenoxy) is 2. The van der Waals surface area contributed by atoms with Crippen molar-refractivity contribution in [3.63, 3.8) is 0 Å². The Kier molecular flexibility index (Phi) is 4.29. The van der Waals surface area contributed by atoms with E-state index in [1.165, 1.54) is 0 Å². The first kappa shape index (κ1) is 16.3. The van der Waals surface area contributed by atoms with Crippen molar-refractivity contribution >= 4 is 11.8 Å². The number of piperidine rings is 2. The molecule has 24 heavy (non-hydrogen) atoms. The average Bonchev–Trinajstić information content (AvgIpc) is 3.29. The molecular formula is C18H28N2O4. The van der Waals surface area contributed by atoms with Crippen LogP contribution in [0.3, 0.4) is 0 Å². The molecule has 4 rings (SSSR count). The van der Waals surface area contributed by atoms with Crippen molar-refractivity contribution < 1.29 is 19.1 Å². The van der Waals surface area contributed by atoms with Crippen molar-refractivity contribution in [2.45, 2.75) is 44.8 Å². The Bertz CT molecular complexity index is 499. The first-order chi connectivity index (χ1) is 11.6. The molecule has 4 fully saturated rings. The Hall–Kier alpha value is -1.14. The van der Waals surface area contributed by atoms with Gasteiger partial charge in [-0.3, -0.25) is 9.59 Å². The second-order valence-electron chi connectivity index (χ2n) is 7.89. The van der Waals surface area contributed by atoms with E-state index in [1.54, 1.807) is 0 Å². The molecule has 3 heterocycles. The highest BCUT2D eigenvalue weighted by Gasteiger charge is 2.52. The third-order valence-electron chi connectivity index (χ3n) is 6.17. The molecule has 6 nitrogen and oxygen atoms in total. The molecule has 0 aromatic rings. The Morgan fingerprint density at radius 3 is 1.92 bits per heavy atom. The second-order valence-corrected chi connectivity index (χ2v) is 7.89. The summed E-state index contributed by atoms with van der Waals surface area (Å²) in [5, 5.41) is 0. The van der Waals surface area contributed by atoms with Crippen molar-refractivity contribution in [1.29, 1.82) is 0 Å². The monoisotopic (exact) mass is 336 g/mol. The molecule has 0 bridgehead atoms.